The van der Waals surface area contributed by atoms with E-state index in [1.807, 2.05) is 32.9 Å². The Labute approximate surface area is 89.6 Å². The van der Waals surface area contributed by atoms with Gasteiger partial charge in [0.2, 0.25) is 5.79 Å². The Balaban J connectivity index is 2.48. The Hall–Kier alpha value is -1.06. The third kappa shape index (κ3) is 1.98. The normalized spacial score (nSPS) is 18.1. The highest BCUT2D eigenvalue weighted by Crippen LogP contribution is 2.35. The van der Waals surface area contributed by atoms with Crippen LogP contribution in [-0.4, -0.2) is 10.9 Å². The fourth-order valence-corrected chi connectivity index (χ4v) is 1.81. The van der Waals surface area contributed by atoms with Gasteiger partial charge in [-0.1, -0.05) is 17.7 Å². The number of rotatable bonds is 1. The van der Waals surface area contributed by atoms with Crippen LogP contribution in [0, 0.1) is 6.92 Å². The van der Waals surface area contributed by atoms with E-state index in [9.17, 15) is 5.11 Å². The molecule has 2 rings (SSSR count). The van der Waals surface area contributed by atoms with E-state index in [1.165, 1.54) is 0 Å². The number of aliphatic hydroxyl groups excluding tert-OH is 1. The van der Waals surface area contributed by atoms with Crippen molar-refractivity contribution in [3.63, 3.8) is 0 Å². The number of fused-ring (bicyclic) bond motifs is 1. The Bertz CT molecular complexity index is 365. The van der Waals surface area contributed by atoms with Crippen LogP contribution < -0.4 is 4.74 Å². The Morgan fingerprint density at radius 3 is 2.80 bits per heavy atom. The van der Waals surface area contributed by atoms with E-state index in [4.69, 9.17) is 9.47 Å². The van der Waals surface area contributed by atoms with Crippen LogP contribution in [0.4, 0.5) is 0 Å². The minimum Gasteiger partial charge on any atom is -0.462 e. The van der Waals surface area contributed by atoms with Gasteiger partial charge in [-0.15, -0.1) is 0 Å². The van der Waals surface area contributed by atoms with Crippen molar-refractivity contribution in [2.24, 2.45) is 0 Å². The quantitative estimate of drug-likeness (QED) is 0.768. The number of aryl methyl sites for hydroxylation is 1. The predicted molar refractivity (Wildman–Crippen MR) is 56.6 cm³/mol. The van der Waals surface area contributed by atoms with Crippen molar-refractivity contribution in [3.05, 3.63) is 28.8 Å². The van der Waals surface area contributed by atoms with Crippen LogP contribution in [0.1, 0.15) is 30.5 Å². The van der Waals surface area contributed by atoms with Crippen molar-refractivity contribution in [2.75, 3.05) is 0 Å². The smallest absolute Gasteiger partial charge is 0.205 e. The maximum absolute atomic E-state index is 9.27. The molecule has 0 aromatic heterocycles. The van der Waals surface area contributed by atoms with Gasteiger partial charge in [-0.25, -0.2) is 0 Å². The molecule has 0 atom stereocenters. The standard InChI is InChI=1S/C12H16O3/c1-8-4-9(6-13)11-10(5-8)7-14-12(2,3)15-11/h4-5,13H,6-7H2,1-3H3. The second kappa shape index (κ2) is 3.51. The molecule has 1 aliphatic heterocycles. The number of benzene rings is 1. The number of aliphatic hydroxyl groups is 1. The summed E-state index contributed by atoms with van der Waals surface area (Å²) in [5, 5.41) is 9.27. The minimum atomic E-state index is -0.605. The molecule has 1 aliphatic rings. The Morgan fingerprint density at radius 1 is 1.40 bits per heavy atom. The van der Waals surface area contributed by atoms with Gasteiger partial charge in [0.05, 0.1) is 13.2 Å². The highest BCUT2D eigenvalue weighted by molar-refractivity contribution is 5.45. The first-order valence-corrected chi connectivity index (χ1v) is 5.08. The summed E-state index contributed by atoms with van der Waals surface area (Å²) in [6.45, 7) is 6.28. The summed E-state index contributed by atoms with van der Waals surface area (Å²) in [6, 6.07) is 3.98. The monoisotopic (exact) mass is 208 g/mol. The Morgan fingerprint density at radius 2 is 2.13 bits per heavy atom. The van der Waals surface area contributed by atoms with Crippen molar-refractivity contribution < 1.29 is 14.6 Å². The maximum Gasteiger partial charge on any atom is 0.205 e. The van der Waals surface area contributed by atoms with Gasteiger partial charge < -0.3 is 14.6 Å². The molecule has 0 fully saturated rings. The lowest BCUT2D eigenvalue weighted by Gasteiger charge is -2.33. The molecule has 3 nitrogen and oxygen atoms in total. The van der Waals surface area contributed by atoms with Crippen molar-refractivity contribution in [2.45, 2.75) is 39.8 Å². The fourth-order valence-electron chi connectivity index (χ4n) is 1.81. The maximum atomic E-state index is 9.27. The molecule has 0 unspecified atom stereocenters. The van der Waals surface area contributed by atoms with Gasteiger partial charge in [0.1, 0.15) is 5.75 Å². The van der Waals surface area contributed by atoms with Crippen molar-refractivity contribution in [1.82, 2.24) is 0 Å². The molecule has 82 valence electrons. The van der Waals surface area contributed by atoms with Crippen LogP contribution in [0.3, 0.4) is 0 Å². The van der Waals surface area contributed by atoms with Gasteiger partial charge in [-0.05, 0) is 6.92 Å². The molecule has 3 heteroatoms. The molecule has 0 radical (unpaired) electrons. The topological polar surface area (TPSA) is 38.7 Å². The highest BCUT2D eigenvalue weighted by Gasteiger charge is 2.28. The lowest BCUT2D eigenvalue weighted by Crippen LogP contribution is -2.35. The van der Waals surface area contributed by atoms with Crippen LogP contribution in [0.25, 0.3) is 0 Å². The second-order valence-corrected chi connectivity index (χ2v) is 4.36. The first-order chi connectivity index (χ1) is 7.02. The number of ether oxygens (including phenoxy) is 2. The van der Waals surface area contributed by atoms with E-state index in [0.29, 0.717) is 6.61 Å². The van der Waals surface area contributed by atoms with Gasteiger partial charge in [0.15, 0.2) is 0 Å². The first kappa shape index (κ1) is 10.5. The summed E-state index contributed by atoms with van der Waals surface area (Å²) in [6.07, 6.45) is 0. The third-order valence-electron chi connectivity index (χ3n) is 2.48. The summed E-state index contributed by atoms with van der Waals surface area (Å²) >= 11 is 0. The van der Waals surface area contributed by atoms with Crippen LogP contribution >= 0.6 is 0 Å². The molecule has 0 saturated carbocycles. The lowest BCUT2D eigenvalue weighted by molar-refractivity contribution is -0.180. The van der Waals surface area contributed by atoms with Gasteiger partial charge in [-0.2, -0.15) is 0 Å². The van der Waals surface area contributed by atoms with E-state index in [1.54, 1.807) is 0 Å². The van der Waals surface area contributed by atoms with E-state index in [0.717, 1.165) is 22.4 Å². The van der Waals surface area contributed by atoms with Crippen LogP contribution in [0.15, 0.2) is 12.1 Å². The average Bonchev–Trinajstić information content (AvgIpc) is 2.17. The Kier molecular flexibility index (Phi) is 2.44. The molecule has 1 aromatic rings. The molecular formula is C12H16O3. The largest absolute Gasteiger partial charge is 0.462 e. The summed E-state index contributed by atoms with van der Waals surface area (Å²) in [7, 11) is 0. The lowest BCUT2D eigenvalue weighted by atomic mass is 10.0. The highest BCUT2D eigenvalue weighted by atomic mass is 16.7. The molecule has 0 spiro atoms. The van der Waals surface area contributed by atoms with Crippen molar-refractivity contribution >= 4 is 0 Å². The van der Waals surface area contributed by atoms with Crippen molar-refractivity contribution in [1.29, 1.82) is 0 Å². The molecular weight excluding hydrogens is 192 g/mol. The summed E-state index contributed by atoms with van der Waals surface area (Å²) in [5.41, 5.74) is 2.96. The summed E-state index contributed by atoms with van der Waals surface area (Å²) in [5.74, 6) is 0.172. The van der Waals surface area contributed by atoms with Gasteiger partial charge in [-0.3, -0.25) is 0 Å². The van der Waals surface area contributed by atoms with Crippen molar-refractivity contribution in [3.8, 4) is 5.75 Å². The summed E-state index contributed by atoms with van der Waals surface area (Å²) in [4.78, 5) is 0. The average molecular weight is 208 g/mol. The van der Waals surface area contributed by atoms with Gasteiger partial charge in [0.25, 0.3) is 0 Å². The van der Waals surface area contributed by atoms with E-state index < -0.39 is 5.79 Å². The molecule has 15 heavy (non-hydrogen) atoms. The predicted octanol–water partition coefficient (Wildman–Crippen LogP) is 2.13. The molecule has 1 N–H and O–H groups in total. The third-order valence-corrected chi connectivity index (χ3v) is 2.48. The zero-order valence-corrected chi connectivity index (χ0v) is 9.33. The van der Waals surface area contributed by atoms with E-state index in [2.05, 4.69) is 0 Å². The zero-order valence-electron chi connectivity index (χ0n) is 9.33. The molecule has 0 saturated heterocycles. The van der Waals surface area contributed by atoms with Crippen LogP contribution in [0.2, 0.25) is 0 Å². The SMILES string of the molecule is Cc1cc(CO)c2c(c1)COC(C)(C)O2. The van der Waals surface area contributed by atoms with Gasteiger partial charge in [0, 0.05) is 25.0 Å². The fraction of sp³-hybridized carbons (Fsp3) is 0.500. The number of hydrogen-bond acceptors (Lipinski definition) is 3. The molecule has 1 aromatic carbocycles. The minimum absolute atomic E-state index is 0.0000926. The molecule has 0 aliphatic carbocycles. The zero-order chi connectivity index (χ0) is 11.1. The van der Waals surface area contributed by atoms with E-state index in [-0.39, 0.29) is 6.61 Å². The van der Waals surface area contributed by atoms with Gasteiger partial charge >= 0.3 is 0 Å². The second-order valence-electron chi connectivity index (χ2n) is 4.36. The van der Waals surface area contributed by atoms with Crippen LogP contribution in [-0.2, 0) is 18.0 Å². The molecule has 1 heterocycles. The summed E-state index contributed by atoms with van der Waals surface area (Å²) < 4.78 is 11.3. The first-order valence-electron chi connectivity index (χ1n) is 5.08. The van der Waals surface area contributed by atoms with Crippen LogP contribution in [0.5, 0.6) is 5.75 Å². The van der Waals surface area contributed by atoms with E-state index >= 15 is 0 Å². The molecule has 0 amide bonds. The number of hydrogen-bond donors (Lipinski definition) is 1. The molecule has 0 bridgehead atoms.